The summed E-state index contributed by atoms with van der Waals surface area (Å²) in [4.78, 5) is 12.7. The van der Waals surface area contributed by atoms with E-state index in [-0.39, 0.29) is 11.5 Å². The molecule has 1 heterocycles. The van der Waals surface area contributed by atoms with Gasteiger partial charge in [0.1, 0.15) is 23.9 Å². The van der Waals surface area contributed by atoms with E-state index in [0.717, 1.165) is 22.4 Å². The van der Waals surface area contributed by atoms with Crippen LogP contribution in [0.2, 0.25) is 5.02 Å². The van der Waals surface area contributed by atoms with Gasteiger partial charge >= 0.3 is 0 Å². The first-order chi connectivity index (χ1) is 14.0. The molecule has 0 N–H and O–H groups in total. The number of carbonyl (C=O) groups excluding carboxylic acids is 1. The Morgan fingerprint density at radius 3 is 2.69 bits per heavy atom. The largest absolute Gasteiger partial charge is 0.497 e. The molecule has 1 aliphatic heterocycles. The zero-order valence-corrected chi connectivity index (χ0v) is 16.8. The van der Waals surface area contributed by atoms with Crippen LogP contribution in [-0.2, 0) is 6.61 Å². The average molecular weight is 407 g/mol. The zero-order chi connectivity index (χ0) is 20.4. The van der Waals surface area contributed by atoms with E-state index in [9.17, 15) is 4.79 Å². The van der Waals surface area contributed by atoms with Crippen molar-refractivity contribution in [1.29, 1.82) is 0 Å². The summed E-state index contributed by atoms with van der Waals surface area (Å²) in [5.41, 5.74) is 3.11. The highest BCUT2D eigenvalue weighted by Gasteiger charge is 2.30. The number of rotatable bonds is 5. The van der Waals surface area contributed by atoms with Gasteiger partial charge in [0, 0.05) is 10.6 Å². The Balaban J connectivity index is 1.56. The lowest BCUT2D eigenvalue weighted by atomic mass is 10.1. The molecule has 146 valence electrons. The number of fused-ring (bicyclic) bond motifs is 1. The highest BCUT2D eigenvalue weighted by Crippen LogP contribution is 2.39. The lowest BCUT2D eigenvalue weighted by Gasteiger charge is -2.12. The predicted molar refractivity (Wildman–Crippen MR) is 113 cm³/mol. The van der Waals surface area contributed by atoms with E-state index < -0.39 is 0 Å². The van der Waals surface area contributed by atoms with E-state index in [0.29, 0.717) is 28.7 Å². The van der Waals surface area contributed by atoms with Gasteiger partial charge in [0.25, 0.3) is 0 Å². The van der Waals surface area contributed by atoms with Gasteiger partial charge in [-0.3, -0.25) is 4.79 Å². The van der Waals surface area contributed by atoms with E-state index in [1.807, 2.05) is 43.3 Å². The number of hydrogen-bond donors (Lipinski definition) is 0. The fraction of sp³-hybridized carbons (Fsp3) is 0.125. The maximum absolute atomic E-state index is 12.7. The molecule has 0 aliphatic carbocycles. The highest BCUT2D eigenvalue weighted by molar-refractivity contribution is 6.30. The molecule has 0 saturated carbocycles. The summed E-state index contributed by atoms with van der Waals surface area (Å²) < 4.78 is 17.1. The lowest BCUT2D eigenvalue weighted by molar-refractivity contribution is 0.101. The molecule has 4 rings (SSSR count). The molecule has 0 spiro atoms. The molecule has 0 saturated heterocycles. The summed E-state index contributed by atoms with van der Waals surface area (Å²) in [6.07, 6.45) is 1.70. The third-order valence-corrected chi connectivity index (χ3v) is 4.95. The highest BCUT2D eigenvalue weighted by atomic mass is 35.5. The summed E-state index contributed by atoms with van der Waals surface area (Å²) in [5.74, 6) is 2.11. The molecular weight excluding hydrogens is 388 g/mol. The molecule has 3 aromatic rings. The van der Waals surface area contributed by atoms with Crippen LogP contribution in [0.4, 0.5) is 0 Å². The fourth-order valence-corrected chi connectivity index (χ4v) is 3.39. The quantitative estimate of drug-likeness (QED) is 0.498. The van der Waals surface area contributed by atoms with Gasteiger partial charge in [0.15, 0.2) is 5.76 Å². The molecule has 1 aliphatic rings. The van der Waals surface area contributed by atoms with Gasteiger partial charge < -0.3 is 14.2 Å². The first-order valence-corrected chi connectivity index (χ1v) is 9.52. The molecule has 0 radical (unpaired) electrons. The summed E-state index contributed by atoms with van der Waals surface area (Å²) in [7, 11) is 1.63. The van der Waals surface area contributed by atoms with Crippen LogP contribution in [0.25, 0.3) is 6.08 Å². The van der Waals surface area contributed by atoms with Crippen LogP contribution >= 0.6 is 11.6 Å². The number of benzene rings is 3. The lowest BCUT2D eigenvalue weighted by Crippen LogP contribution is -1.99. The van der Waals surface area contributed by atoms with Gasteiger partial charge in [-0.25, -0.2) is 0 Å². The van der Waals surface area contributed by atoms with Gasteiger partial charge in [0.05, 0.1) is 12.7 Å². The van der Waals surface area contributed by atoms with Crippen molar-refractivity contribution >= 4 is 23.5 Å². The van der Waals surface area contributed by atoms with Crippen LogP contribution in [0.15, 0.2) is 66.4 Å². The van der Waals surface area contributed by atoms with Crippen LogP contribution in [0.5, 0.6) is 17.2 Å². The van der Waals surface area contributed by atoms with Crippen molar-refractivity contribution in [2.45, 2.75) is 13.5 Å². The Morgan fingerprint density at radius 2 is 1.90 bits per heavy atom. The van der Waals surface area contributed by atoms with Crippen LogP contribution in [0.3, 0.4) is 0 Å². The van der Waals surface area contributed by atoms with Gasteiger partial charge in [-0.15, -0.1) is 0 Å². The van der Waals surface area contributed by atoms with Crippen molar-refractivity contribution < 1.29 is 19.0 Å². The molecule has 4 nitrogen and oxygen atoms in total. The monoisotopic (exact) mass is 406 g/mol. The topological polar surface area (TPSA) is 44.8 Å². The number of hydrogen-bond acceptors (Lipinski definition) is 4. The Bertz CT molecular complexity index is 1120. The zero-order valence-electron chi connectivity index (χ0n) is 16.1. The Morgan fingerprint density at radius 1 is 1.07 bits per heavy atom. The third-order valence-electron chi connectivity index (χ3n) is 4.71. The second kappa shape index (κ2) is 8.02. The molecule has 5 heteroatoms. The van der Waals surface area contributed by atoms with Crippen molar-refractivity contribution in [3.8, 4) is 17.2 Å². The van der Waals surface area contributed by atoms with Crippen LogP contribution in [0.1, 0.15) is 27.0 Å². The Labute approximate surface area is 174 Å². The summed E-state index contributed by atoms with van der Waals surface area (Å²) in [5, 5.41) is 0.603. The third kappa shape index (κ3) is 3.98. The first kappa shape index (κ1) is 19.1. The molecule has 0 bridgehead atoms. The van der Waals surface area contributed by atoms with Crippen molar-refractivity contribution in [2.24, 2.45) is 0 Å². The minimum Gasteiger partial charge on any atom is -0.497 e. The number of ketones is 1. The molecular formula is C24H19ClO4. The van der Waals surface area contributed by atoms with Gasteiger partial charge in [-0.2, -0.15) is 0 Å². The van der Waals surface area contributed by atoms with Crippen molar-refractivity contribution in [1.82, 2.24) is 0 Å². The molecule has 0 unspecified atom stereocenters. The standard InChI is InChI=1S/C24H19ClO4/c1-15-21(28-14-17-6-4-8-19(12-17)27-2)10-9-20-23(26)22(29-24(15)20)13-16-5-3-7-18(25)11-16/h3-13H,14H2,1-2H3/b22-13-. The molecule has 0 atom stereocenters. The summed E-state index contributed by atoms with van der Waals surface area (Å²) in [6, 6.07) is 18.5. The van der Waals surface area contributed by atoms with Gasteiger partial charge in [-0.05, 0) is 60.5 Å². The number of methoxy groups -OCH3 is 1. The van der Waals surface area contributed by atoms with E-state index in [1.54, 1.807) is 37.5 Å². The summed E-state index contributed by atoms with van der Waals surface area (Å²) >= 11 is 6.03. The minimum atomic E-state index is -0.151. The van der Waals surface area contributed by atoms with Crippen LogP contribution < -0.4 is 14.2 Å². The van der Waals surface area contributed by atoms with Crippen LogP contribution in [0, 0.1) is 6.92 Å². The normalized spacial score (nSPS) is 13.9. The number of halogens is 1. The summed E-state index contributed by atoms with van der Waals surface area (Å²) in [6.45, 7) is 2.27. The Hall–Kier alpha value is -3.24. The average Bonchev–Trinajstić information content (AvgIpc) is 3.04. The molecule has 0 fully saturated rings. The molecule has 0 amide bonds. The Kier molecular flexibility index (Phi) is 5.28. The molecule has 29 heavy (non-hydrogen) atoms. The van der Waals surface area contributed by atoms with Gasteiger partial charge in [-0.1, -0.05) is 35.9 Å². The number of ether oxygens (including phenoxy) is 3. The second-order valence-electron chi connectivity index (χ2n) is 6.70. The smallest absolute Gasteiger partial charge is 0.231 e. The molecule has 3 aromatic carbocycles. The number of allylic oxidation sites excluding steroid dienone is 1. The fourth-order valence-electron chi connectivity index (χ4n) is 3.20. The van der Waals surface area contributed by atoms with Gasteiger partial charge in [0.2, 0.25) is 5.78 Å². The first-order valence-electron chi connectivity index (χ1n) is 9.14. The molecule has 0 aromatic heterocycles. The van der Waals surface area contributed by atoms with Crippen molar-refractivity contribution in [3.05, 3.63) is 93.7 Å². The van der Waals surface area contributed by atoms with Crippen molar-refractivity contribution in [3.63, 3.8) is 0 Å². The van der Waals surface area contributed by atoms with Crippen molar-refractivity contribution in [2.75, 3.05) is 7.11 Å². The van der Waals surface area contributed by atoms with E-state index in [1.165, 1.54) is 0 Å². The maximum Gasteiger partial charge on any atom is 0.231 e. The minimum absolute atomic E-state index is 0.151. The van der Waals surface area contributed by atoms with E-state index in [4.69, 9.17) is 25.8 Å². The maximum atomic E-state index is 12.7. The number of carbonyl (C=O) groups is 1. The predicted octanol–water partition coefficient (Wildman–Crippen LogP) is 5.85. The van der Waals surface area contributed by atoms with Crippen LogP contribution in [-0.4, -0.2) is 12.9 Å². The van der Waals surface area contributed by atoms with E-state index in [2.05, 4.69) is 0 Å². The number of Topliss-reactive ketones (excluding diaryl/α,β-unsaturated/α-hetero) is 1. The second-order valence-corrected chi connectivity index (χ2v) is 7.14. The van der Waals surface area contributed by atoms with E-state index >= 15 is 0 Å². The SMILES string of the molecule is COc1cccc(COc2ccc3c(c2C)O/C(=C\c2cccc(Cl)c2)C3=O)c1.